The number of aryl methyl sites for hydroxylation is 3. The zero-order chi connectivity index (χ0) is 13.0. The Labute approximate surface area is 108 Å². The fraction of sp³-hybridized carbons (Fsp3) is 0.400. The molecule has 0 saturated heterocycles. The lowest BCUT2D eigenvalue weighted by Crippen LogP contribution is -1.99. The van der Waals surface area contributed by atoms with E-state index in [1.54, 1.807) is 0 Å². The predicted octanol–water partition coefficient (Wildman–Crippen LogP) is 3.86. The second-order valence-corrected chi connectivity index (χ2v) is 4.55. The summed E-state index contributed by atoms with van der Waals surface area (Å²) in [6, 6.07) is 8.54. The second-order valence-electron chi connectivity index (χ2n) is 4.55. The Morgan fingerprint density at radius 3 is 2.44 bits per heavy atom. The summed E-state index contributed by atoms with van der Waals surface area (Å²) in [5.41, 5.74) is 3.44. The van der Waals surface area contributed by atoms with Crippen molar-refractivity contribution in [1.82, 2.24) is 4.98 Å². The van der Waals surface area contributed by atoms with Gasteiger partial charge in [-0.3, -0.25) is 0 Å². The Hall–Kier alpha value is -1.77. The van der Waals surface area contributed by atoms with Gasteiger partial charge in [-0.1, -0.05) is 25.5 Å². The summed E-state index contributed by atoms with van der Waals surface area (Å²) in [5.74, 6) is 1.63. The van der Waals surface area contributed by atoms with Gasteiger partial charge in [0.25, 0.3) is 0 Å². The molecule has 0 amide bonds. The van der Waals surface area contributed by atoms with E-state index in [0.717, 1.165) is 29.5 Å². The molecule has 1 aromatic carbocycles. The van der Waals surface area contributed by atoms with Gasteiger partial charge >= 0.3 is 0 Å². The minimum absolute atomic E-state index is 0.627. The van der Waals surface area contributed by atoms with Gasteiger partial charge in [0.2, 0.25) is 5.89 Å². The number of hydrogen-bond acceptors (Lipinski definition) is 3. The maximum Gasteiger partial charge on any atom is 0.213 e. The third-order valence-corrected chi connectivity index (χ3v) is 3.01. The first-order valence-corrected chi connectivity index (χ1v) is 6.44. The van der Waals surface area contributed by atoms with Crippen LogP contribution in [0.5, 0.6) is 0 Å². The first-order chi connectivity index (χ1) is 8.69. The molecule has 0 fully saturated rings. The molecular weight excluding hydrogens is 224 g/mol. The largest absolute Gasteiger partial charge is 0.444 e. The standard InChI is InChI=1S/C15H20N2O/c1-4-5-13-6-8-14(9-7-13)16-10-15-17-11(2)12(3)18-15/h6-9,16H,4-5,10H2,1-3H3. The van der Waals surface area contributed by atoms with Gasteiger partial charge in [0.15, 0.2) is 0 Å². The number of nitrogens with one attached hydrogen (secondary N) is 1. The van der Waals surface area contributed by atoms with E-state index >= 15 is 0 Å². The van der Waals surface area contributed by atoms with E-state index in [0.29, 0.717) is 6.54 Å². The van der Waals surface area contributed by atoms with Crippen molar-refractivity contribution in [2.45, 2.75) is 40.2 Å². The molecule has 0 unspecified atom stereocenters. The summed E-state index contributed by atoms with van der Waals surface area (Å²) < 4.78 is 5.52. The quantitative estimate of drug-likeness (QED) is 0.868. The average Bonchev–Trinajstić information content (AvgIpc) is 2.68. The number of rotatable bonds is 5. The van der Waals surface area contributed by atoms with Gasteiger partial charge < -0.3 is 9.73 Å². The van der Waals surface area contributed by atoms with Gasteiger partial charge in [-0.15, -0.1) is 0 Å². The van der Waals surface area contributed by atoms with Crippen molar-refractivity contribution in [1.29, 1.82) is 0 Å². The van der Waals surface area contributed by atoms with Gasteiger partial charge in [-0.05, 0) is 38.0 Å². The monoisotopic (exact) mass is 244 g/mol. The highest BCUT2D eigenvalue weighted by Crippen LogP contribution is 2.13. The van der Waals surface area contributed by atoms with Crippen molar-refractivity contribution >= 4 is 5.69 Å². The predicted molar refractivity (Wildman–Crippen MR) is 73.7 cm³/mol. The number of aromatic nitrogens is 1. The van der Waals surface area contributed by atoms with Gasteiger partial charge in [-0.2, -0.15) is 0 Å². The van der Waals surface area contributed by atoms with E-state index in [9.17, 15) is 0 Å². The first kappa shape index (κ1) is 12.7. The van der Waals surface area contributed by atoms with Crippen LogP contribution in [-0.4, -0.2) is 4.98 Å². The van der Waals surface area contributed by atoms with Gasteiger partial charge in [0, 0.05) is 5.69 Å². The molecule has 1 aromatic heterocycles. The summed E-state index contributed by atoms with van der Waals surface area (Å²) in [5, 5.41) is 3.31. The Kier molecular flexibility index (Phi) is 4.03. The van der Waals surface area contributed by atoms with Crippen molar-refractivity contribution in [3.63, 3.8) is 0 Å². The SMILES string of the molecule is CCCc1ccc(NCc2nc(C)c(C)o2)cc1. The van der Waals surface area contributed by atoms with Crippen molar-refractivity contribution in [2.75, 3.05) is 5.32 Å². The Morgan fingerprint density at radius 1 is 1.17 bits per heavy atom. The van der Waals surface area contributed by atoms with Crippen LogP contribution in [0, 0.1) is 13.8 Å². The number of benzene rings is 1. The lowest BCUT2D eigenvalue weighted by Gasteiger charge is -2.05. The summed E-state index contributed by atoms with van der Waals surface area (Å²) in [4.78, 5) is 4.34. The molecule has 96 valence electrons. The van der Waals surface area contributed by atoms with Crippen molar-refractivity contribution in [2.24, 2.45) is 0 Å². The lowest BCUT2D eigenvalue weighted by atomic mass is 10.1. The van der Waals surface area contributed by atoms with E-state index in [2.05, 4.69) is 41.5 Å². The zero-order valence-electron chi connectivity index (χ0n) is 11.3. The molecule has 0 bridgehead atoms. The molecule has 1 heterocycles. The normalized spacial score (nSPS) is 10.6. The fourth-order valence-corrected chi connectivity index (χ4v) is 1.87. The summed E-state index contributed by atoms with van der Waals surface area (Å²) >= 11 is 0. The molecule has 18 heavy (non-hydrogen) atoms. The molecule has 3 heteroatoms. The van der Waals surface area contributed by atoms with E-state index < -0.39 is 0 Å². The van der Waals surface area contributed by atoms with E-state index in [4.69, 9.17) is 4.42 Å². The van der Waals surface area contributed by atoms with Crippen LogP contribution in [0.3, 0.4) is 0 Å². The molecule has 2 rings (SSSR count). The number of anilines is 1. The topological polar surface area (TPSA) is 38.1 Å². The molecule has 0 radical (unpaired) electrons. The van der Waals surface area contributed by atoms with E-state index in [-0.39, 0.29) is 0 Å². The minimum Gasteiger partial charge on any atom is -0.444 e. The van der Waals surface area contributed by atoms with Crippen LogP contribution in [0.2, 0.25) is 0 Å². The average molecular weight is 244 g/mol. The first-order valence-electron chi connectivity index (χ1n) is 6.44. The molecule has 0 atom stereocenters. The molecule has 0 saturated carbocycles. The second kappa shape index (κ2) is 5.71. The molecule has 0 spiro atoms. The zero-order valence-corrected chi connectivity index (χ0v) is 11.3. The van der Waals surface area contributed by atoms with Crippen molar-refractivity contribution < 1.29 is 4.42 Å². The third kappa shape index (κ3) is 3.13. The van der Waals surface area contributed by atoms with Crippen LogP contribution >= 0.6 is 0 Å². The van der Waals surface area contributed by atoms with E-state index in [1.807, 2.05) is 13.8 Å². The van der Waals surface area contributed by atoms with Crippen LogP contribution in [0.4, 0.5) is 5.69 Å². The summed E-state index contributed by atoms with van der Waals surface area (Å²) in [6.07, 6.45) is 2.32. The molecule has 0 aliphatic heterocycles. The van der Waals surface area contributed by atoms with Crippen LogP contribution in [-0.2, 0) is 13.0 Å². The summed E-state index contributed by atoms with van der Waals surface area (Å²) in [6.45, 7) is 6.72. The fourth-order valence-electron chi connectivity index (χ4n) is 1.87. The maximum absolute atomic E-state index is 5.52. The van der Waals surface area contributed by atoms with E-state index in [1.165, 1.54) is 12.0 Å². The maximum atomic E-state index is 5.52. The molecule has 2 aromatic rings. The Bertz CT molecular complexity index is 480. The van der Waals surface area contributed by atoms with Crippen molar-refractivity contribution in [3.8, 4) is 0 Å². The molecular formula is C15H20N2O. The van der Waals surface area contributed by atoms with Crippen molar-refractivity contribution in [3.05, 3.63) is 47.2 Å². The Balaban J connectivity index is 1.93. The van der Waals surface area contributed by atoms with Gasteiger partial charge in [0.1, 0.15) is 5.76 Å². The summed E-state index contributed by atoms with van der Waals surface area (Å²) in [7, 11) is 0. The van der Waals surface area contributed by atoms with Crippen LogP contribution < -0.4 is 5.32 Å². The van der Waals surface area contributed by atoms with Gasteiger partial charge in [0.05, 0.1) is 12.2 Å². The highest BCUT2D eigenvalue weighted by molar-refractivity contribution is 5.44. The molecule has 1 N–H and O–H groups in total. The number of oxazole rings is 1. The van der Waals surface area contributed by atoms with Crippen LogP contribution in [0.25, 0.3) is 0 Å². The third-order valence-electron chi connectivity index (χ3n) is 3.01. The number of nitrogens with zero attached hydrogens (tertiary/aromatic N) is 1. The highest BCUT2D eigenvalue weighted by Gasteiger charge is 2.04. The molecule has 0 aliphatic carbocycles. The van der Waals surface area contributed by atoms with Gasteiger partial charge in [-0.25, -0.2) is 4.98 Å². The highest BCUT2D eigenvalue weighted by atomic mass is 16.4. The lowest BCUT2D eigenvalue weighted by molar-refractivity contribution is 0.478. The number of hydrogen-bond donors (Lipinski definition) is 1. The Morgan fingerprint density at radius 2 is 1.89 bits per heavy atom. The molecule has 0 aliphatic rings. The minimum atomic E-state index is 0.627. The van der Waals surface area contributed by atoms with Crippen LogP contribution in [0.1, 0.15) is 36.3 Å². The smallest absolute Gasteiger partial charge is 0.213 e. The molecule has 3 nitrogen and oxygen atoms in total. The van der Waals surface area contributed by atoms with Crippen LogP contribution in [0.15, 0.2) is 28.7 Å².